The fourth-order valence-electron chi connectivity index (χ4n) is 3.31. The number of nitrogens with zero attached hydrogens (tertiary/aromatic N) is 2. The van der Waals surface area contributed by atoms with Crippen LogP contribution in [0.15, 0.2) is 48.5 Å². The minimum Gasteiger partial charge on any atom is -0.497 e. The van der Waals surface area contributed by atoms with Crippen molar-refractivity contribution >= 4 is 23.2 Å². The molecular weight excluding hydrogens is 354 g/mol. The Morgan fingerprint density at radius 1 is 1.14 bits per heavy atom. The molecule has 2 aromatic rings. The van der Waals surface area contributed by atoms with E-state index < -0.39 is 0 Å². The molecular formula is C22H27N3O3. The molecule has 148 valence electrons. The molecule has 6 nitrogen and oxygen atoms in total. The molecule has 3 rings (SSSR count). The number of ether oxygens (including phenoxy) is 1. The molecule has 0 aliphatic carbocycles. The van der Waals surface area contributed by atoms with Crippen LogP contribution in [-0.2, 0) is 16.0 Å². The van der Waals surface area contributed by atoms with Gasteiger partial charge in [0.1, 0.15) is 5.75 Å². The largest absolute Gasteiger partial charge is 0.497 e. The number of likely N-dealkylation sites (tertiary alicyclic amines) is 1. The van der Waals surface area contributed by atoms with Gasteiger partial charge in [-0.2, -0.15) is 0 Å². The highest BCUT2D eigenvalue weighted by atomic mass is 16.5. The van der Waals surface area contributed by atoms with Gasteiger partial charge in [-0.25, -0.2) is 0 Å². The van der Waals surface area contributed by atoms with E-state index >= 15 is 0 Å². The predicted molar refractivity (Wildman–Crippen MR) is 111 cm³/mol. The fourth-order valence-corrected chi connectivity index (χ4v) is 3.31. The first-order valence-electron chi connectivity index (χ1n) is 9.45. The Bertz CT molecular complexity index is 816. The Morgan fingerprint density at radius 3 is 2.43 bits per heavy atom. The maximum atomic E-state index is 12.6. The highest BCUT2D eigenvalue weighted by molar-refractivity contribution is 5.97. The molecule has 28 heavy (non-hydrogen) atoms. The van der Waals surface area contributed by atoms with E-state index in [1.165, 1.54) is 0 Å². The molecule has 1 unspecified atom stereocenters. The fraction of sp³-hybridized carbons (Fsp3) is 0.364. The summed E-state index contributed by atoms with van der Waals surface area (Å²) < 4.78 is 5.16. The van der Waals surface area contributed by atoms with Gasteiger partial charge in [0.2, 0.25) is 11.8 Å². The van der Waals surface area contributed by atoms with Gasteiger partial charge in [0, 0.05) is 45.0 Å². The van der Waals surface area contributed by atoms with Crippen LogP contribution in [0.25, 0.3) is 0 Å². The van der Waals surface area contributed by atoms with E-state index in [9.17, 15) is 9.59 Å². The molecule has 0 aromatic heterocycles. The molecule has 1 saturated heterocycles. The lowest BCUT2D eigenvalue weighted by molar-refractivity contribution is -0.128. The van der Waals surface area contributed by atoms with Gasteiger partial charge in [0.05, 0.1) is 13.0 Å². The minimum absolute atomic E-state index is 0.0385. The molecule has 2 amide bonds. The van der Waals surface area contributed by atoms with Crippen molar-refractivity contribution in [3.8, 4) is 5.75 Å². The van der Waals surface area contributed by atoms with Crippen LogP contribution in [0.5, 0.6) is 5.75 Å². The summed E-state index contributed by atoms with van der Waals surface area (Å²) in [5, 5.41) is 2.93. The molecule has 0 radical (unpaired) electrons. The Balaban J connectivity index is 1.51. The van der Waals surface area contributed by atoms with E-state index in [4.69, 9.17) is 4.74 Å². The predicted octanol–water partition coefficient (Wildman–Crippen LogP) is 2.79. The zero-order valence-corrected chi connectivity index (χ0v) is 16.6. The number of benzene rings is 2. The molecule has 1 atom stereocenters. The van der Waals surface area contributed by atoms with Crippen LogP contribution in [0.1, 0.15) is 12.0 Å². The Kier molecular flexibility index (Phi) is 6.19. The number of anilines is 2. The van der Waals surface area contributed by atoms with Crippen LogP contribution < -0.4 is 15.0 Å². The van der Waals surface area contributed by atoms with Gasteiger partial charge in [-0.15, -0.1) is 0 Å². The van der Waals surface area contributed by atoms with Gasteiger partial charge in [-0.05, 0) is 48.4 Å². The summed E-state index contributed by atoms with van der Waals surface area (Å²) in [6.45, 7) is 1.09. The number of carbonyl (C=O) groups excluding carboxylic acids is 2. The molecule has 1 aliphatic heterocycles. The number of nitrogens with one attached hydrogen (secondary N) is 1. The Labute approximate surface area is 166 Å². The van der Waals surface area contributed by atoms with Gasteiger partial charge >= 0.3 is 0 Å². The molecule has 0 saturated carbocycles. The number of hydrogen-bond donors (Lipinski definition) is 1. The van der Waals surface area contributed by atoms with E-state index in [-0.39, 0.29) is 24.2 Å². The van der Waals surface area contributed by atoms with Gasteiger partial charge in [-0.1, -0.05) is 12.1 Å². The summed E-state index contributed by atoms with van der Waals surface area (Å²) in [6.07, 6.45) is 1.03. The number of hydrogen-bond acceptors (Lipinski definition) is 4. The highest BCUT2D eigenvalue weighted by Crippen LogP contribution is 2.22. The lowest BCUT2D eigenvalue weighted by Crippen LogP contribution is -2.30. The summed E-state index contributed by atoms with van der Waals surface area (Å²) in [5.41, 5.74) is 2.96. The quantitative estimate of drug-likeness (QED) is 0.801. The van der Waals surface area contributed by atoms with Gasteiger partial charge in [0.15, 0.2) is 0 Å². The molecule has 1 aliphatic rings. The second kappa shape index (κ2) is 8.78. The third kappa shape index (κ3) is 4.82. The zero-order chi connectivity index (χ0) is 20.1. The maximum absolute atomic E-state index is 12.6. The number of amides is 2. The highest BCUT2D eigenvalue weighted by Gasteiger charge is 2.34. The number of rotatable bonds is 7. The monoisotopic (exact) mass is 381 g/mol. The van der Waals surface area contributed by atoms with Gasteiger partial charge < -0.3 is 19.9 Å². The van der Waals surface area contributed by atoms with Crippen molar-refractivity contribution in [1.82, 2.24) is 4.90 Å². The smallest absolute Gasteiger partial charge is 0.229 e. The lowest BCUT2D eigenvalue weighted by Gasteiger charge is -2.17. The normalized spacial score (nSPS) is 16.2. The van der Waals surface area contributed by atoms with Crippen LogP contribution in [0.2, 0.25) is 0 Å². The molecule has 1 fully saturated rings. The molecule has 0 spiro atoms. The molecule has 0 bridgehead atoms. The van der Waals surface area contributed by atoms with E-state index in [1.54, 1.807) is 12.0 Å². The number of carbonyl (C=O) groups is 2. The number of methoxy groups -OCH3 is 1. The first-order chi connectivity index (χ1) is 13.5. The molecule has 1 heterocycles. The summed E-state index contributed by atoms with van der Waals surface area (Å²) in [6, 6.07) is 15.5. The molecule has 6 heteroatoms. The van der Waals surface area contributed by atoms with Gasteiger partial charge in [0.25, 0.3) is 0 Å². The van der Waals surface area contributed by atoms with E-state index in [2.05, 4.69) is 5.32 Å². The van der Waals surface area contributed by atoms with Crippen molar-refractivity contribution in [3.63, 3.8) is 0 Å². The van der Waals surface area contributed by atoms with Crippen molar-refractivity contribution < 1.29 is 14.3 Å². The SMILES string of the molecule is COc1ccc(CCN2CC(C(=O)Nc3ccc(N(C)C)cc3)CC2=O)cc1. The van der Waals surface area contributed by atoms with E-state index in [0.717, 1.165) is 29.1 Å². The van der Waals surface area contributed by atoms with Crippen molar-refractivity contribution in [1.29, 1.82) is 0 Å². The zero-order valence-electron chi connectivity index (χ0n) is 16.6. The van der Waals surface area contributed by atoms with Crippen molar-refractivity contribution in [3.05, 3.63) is 54.1 Å². The summed E-state index contributed by atoms with van der Waals surface area (Å²) in [5.74, 6) is 0.447. The van der Waals surface area contributed by atoms with Crippen LogP contribution >= 0.6 is 0 Å². The first-order valence-corrected chi connectivity index (χ1v) is 9.45. The molecule has 1 N–H and O–H groups in total. The second-order valence-electron chi connectivity index (χ2n) is 7.27. The van der Waals surface area contributed by atoms with Crippen LogP contribution in [0.3, 0.4) is 0 Å². The molecule has 2 aromatic carbocycles. The lowest BCUT2D eigenvalue weighted by atomic mass is 10.1. The van der Waals surface area contributed by atoms with Crippen molar-refractivity contribution in [2.45, 2.75) is 12.8 Å². The summed E-state index contributed by atoms with van der Waals surface area (Å²) >= 11 is 0. The third-order valence-electron chi connectivity index (χ3n) is 5.07. The van der Waals surface area contributed by atoms with Gasteiger partial charge in [-0.3, -0.25) is 9.59 Å². The first kappa shape index (κ1) is 19.7. The topological polar surface area (TPSA) is 61.9 Å². The van der Waals surface area contributed by atoms with E-state index in [1.807, 2.05) is 67.5 Å². The van der Waals surface area contributed by atoms with Crippen LogP contribution in [-0.4, -0.2) is 51.0 Å². The average molecular weight is 381 g/mol. The van der Waals surface area contributed by atoms with Crippen molar-refractivity contribution in [2.75, 3.05) is 44.5 Å². The summed E-state index contributed by atoms with van der Waals surface area (Å²) in [4.78, 5) is 28.6. The Hall–Kier alpha value is -3.02. The van der Waals surface area contributed by atoms with Crippen molar-refractivity contribution in [2.24, 2.45) is 5.92 Å². The second-order valence-corrected chi connectivity index (χ2v) is 7.27. The summed E-state index contributed by atoms with van der Waals surface area (Å²) in [7, 11) is 5.58. The maximum Gasteiger partial charge on any atom is 0.229 e. The van der Waals surface area contributed by atoms with Crippen LogP contribution in [0, 0.1) is 5.92 Å². The van der Waals surface area contributed by atoms with Crippen LogP contribution in [0.4, 0.5) is 11.4 Å². The Morgan fingerprint density at radius 2 is 1.82 bits per heavy atom. The average Bonchev–Trinajstić information content (AvgIpc) is 3.08. The minimum atomic E-state index is -0.308. The van der Waals surface area contributed by atoms with E-state index in [0.29, 0.717) is 13.1 Å². The third-order valence-corrected chi connectivity index (χ3v) is 5.07. The standard InChI is InChI=1S/C22H27N3O3/c1-24(2)19-8-6-18(7-9-19)23-22(27)17-14-21(26)25(15-17)13-12-16-4-10-20(28-3)11-5-16/h4-11,17H,12-15H2,1-3H3,(H,23,27).